The van der Waals surface area contributed by atoms with Gasteiger partial charge in [0.05, 0.1) is 0 Å². The summed E-state index contributed by atoms with van der Waals surface area (Å²) in [6, 6.07) is 7.86. The van der Waals surface area contributed by atoms with Crippen LogP contribution in [0.4, 0.5) is 4.79 Å². The Morgan fingerprint density at radius 2 is 1.83 bits per heavy atom. The van der Waals surface area contributed by atoms with Crippen molar-refractivity contribution in [1.29, 1.82) is 0 Å². The number of carbonyl (C=O) groups is 4. The van der Waals surface area contributed by atoms with Crippen LogP contribution in [0, 0.1) is 0 Å². The van der Waals surface area contributed by atoms with Crippen LogP contribution in [0.15, 0.2) is 30.3 Å². The number of nitrogens with one attached hydrogen (secondary N) is 2. The van der Waals surface area contributed by atoms with E-state index in [-0.39, 0.29) is 19.4 Å². The van der Waals surface area contributed by atoms with Crippen LogP contribution < -0.4 is 16.4 Å². The number of hydrogen-bond donors (Lipinski definition) is 4. The van der Waals surface area contributed by atoms with E-state index in [1.807, 2.05) is 6.07 Å². The van der Waals surface area contributed by atoms with Gasteiger partial charge in [-0.25, -0.2) is 4.79 Å². The van der Waals surface area contributed by atoms with E-state index in [1.165, 1.54) is 0 Å². The molecule has 0 fully saturated rings. The highest BCUT2D eigenvalue weighted by atomic mass is 16.5. The van der Waals surface area contributed by atoms with Gasteiger partial charge in [-0.15, -0.1) is 0 Å². The Morgan fingerprint density at radius 1 is 1.17 bits per heavy atom. The van der Waals surface area contributed by atoms with E-state index in [2.05, 4.69) is 10.6 Å². The molecule has 1 rings (SSSR count). The Morgan fingerprint density at radius 3 is 2.42 bits per heavy atom. The number of amides is 3. The summed E-state index contributed by atoms with van der Waals surface area (Å²) < 4.78 is 4.91. The lowest BCUT2D eigenvalue weighted by Crippen LogP contribution is -2.48. The van der Waals surface area contributed by atoms with E-state index in [0.717, 1.165) is 5.56 Å². The zero-order valence-electron chi connectivity index (χ0n) is 12.9. The molecule has 0 saturated carbocycles. The van der Waals surface area contributed by atoms with E-state index in [1.54, 1.807) is 24.3 Å². The summed E-state index contributed by atoms with van der Waals surface area (Å²) in [5.74, 6) is -2.64. The van der Waals surface area contributed by atoms with Gasteiger partial charge in [-0.2, -0.15) is 0 Å². The first-order chi connectivity index (χ1) is 11.4. The van der Waals surface area contributed by atoms with Crippen molar-refractivity contribution < 1.29 is 29.0 Å². The first kappa shape index (κ1) is 18.9. The van der Waals surface area contributed by atoms with Gasteiger partial charge in [-0.3, -0.25) is 14.4 Å². The molecule has 9 nitrogen and oxygen atoms in total. The van der Waals surface area contributed by atoms with Crippen molar-refractivity contribution in [2.24, 2.45) is 5.73 Å². The number of carboxylic acids is 1. The highest BCUT2D eigenvalue weighted by Crippen LogP contribution is 2.00. The summed E-state index contributed by atoms with van der Waals surface area (Å²) in [5.41, 5.74) is 5.87. The molecule has 1 atom stereocenters. The smallest absolute Gasteiger partial charge is 0.407 e. The van der Waals surface area contributed by atoms with Gasteiger partial charge in [-0.05, 0) is 12.0 Å². The summed E-state index contributed by atoms with van der Waals surface area (Å²) in [6.45, 7) is -0.374. The van der Waals surface area contributed by atoms with Crippen molar-refractivity contribution in [2.45, 2.75) is 25.5 Å². The number of primary amides is 1. The largest absolute Gasteiger partial charge is 0.481 e. The number of hydrogen-bond acceptors (Lipinski definition) is 5. The fraction of sp³-hybridized carbons (Fsp3) is 0.333. The van der Waals surface area contributed by atoms with Gasteiger partial charge >= 0.3 is 12.1 Å². The monoisotopic (exact) mass is 337 g/mol. The summed E-state index contributed by atoms with van der Waals surface area (Å²) in [6.07, 6.45) is -1.25. The third kappa shape index (κ3) is 7.78. The van der Waals surface area contributed by atoms with Crippen LogP contribution in [-0.2, 0) is 25.7 Å². The van der Waals surface area contributed by atoms with Crippen molar-refractivity contribution in [3.8, 4) is 0 Å². The molecule has 0 radical (unpaired) electrons. The first-order valence-corrected chi connectivity index (χ1v) is 7.13. The summed E-state index contributed by atoms with van der Waals surface area (Å²) in [7, 11) is 0. The van der Waals surface area contributed by atoms with E-state index >= 15 is 0 Å². The number of nitrogens with two attached hydrogens (primary N) is 1. The second kappa shape index (κ2) is 9.82. The van der Waals surface area contributed by atoms with Gasteiger partial charge in [0.15, 0.2) is 0 Å². The highest BCUT2D eigenvalue weighted by molar-refractivity contribution is 5.88. The van der Waals surface area contributed by atoms with Gasteiger partial charge in [0.2, 0.25) is 11.8 Å². The van der Waals surface area contributed by atoms with E-state index in [9.17, 15) is 19.2 Å². The van der Waals surface area contributed by atoms with Crippen LogP contribution in [0.2, 0.25) is 0 Å². The summed E-state index contributed by atoms with van der Waals surface area (Å²) >= 11 is 0. The molecule has 130 valence electrons. The Bertz CT molecular complexity index is 590. The molecule has 0 saturated heterocycles. The third-order valence-electron chi connectivity index (χ3n) is 2.93. The van der Waals surface area contributed by atoms with Gasteiger partial charge < -0.3 is 26.2 Å². The molecule has 0 aromatic heterocycles. The van der Waals surface area contributed by atoms with Crippen LogP contribution in [0.1, 0.15) is 18.4 Å². The maximum atomic E-state index is 11.6. The Balaban J connectivity index is 2.31. The molecule has 9 heteroatoms. The average molecular weight is 337 g/mol. The minimum atomic E-state index is -1.12. The van der Waals surface area contributed by atoms with Crippen molar-refractivity contribution in [2.75, 3.05) is 6.54 Å². The third-order valence-corrected chi connectivity index (χ3v) is 2.93. The van der Waals surface area contributed by atoms with Gasteiger partial charge in [0.1, 0.15) is 19.2 Å². The number of benzene rings is 1. The average Bonchev–Trinajstić information content (AvgIpc) is 2.55. The quantitative estimate of drug-likeness (QED) is 0.488. The van der Waals surface area contributed by atoms with Crippen molar-refractivity contribution in [3.05, 3.63) is 35.9 Å². The number of aliphatic carboxylic acids is 1. The normalized spacial score (nSPS) is 11.2. The second-order valence-corrected chi connectivity index (χ2v) is 4.87. The van der Waals surface area contributed by atoms with Crippen LogP contribution in [-0.4, -0.2) is 41.6 Å². The van der Waals surface area contributed by atoms with E-state index in [4.69, 9.17) is 15.6 Å². The molecule has 0 aliphatic heterocycles. The van der Waals surface area contributed by atoms with Crippen molar-refractivity contribution >= 4 is 23.9 Å². The Hall–Kier alpha value is -3.10. The van der Waals surface area contributed by atoms with E-state index < -0.39 is 36.5 Å². The molecular formula is C15H19N3O6. The molecule has 0 bridgehead atoms. The molecule has 3 amide bonds. The van der Waals surface area contributed by atoms with Crippen LogP contribution >= 0.6 is 0 Å². The highest BCUT2D eigenvalue weighted by Gasteiger charge is 2.19. The maximum Gasteiger partial charge on any atom is 0.407 e. The second-order valence-electron chi connectivity index (χ2n) is 4.87. The molecule has 0 aliphatic carbocycles. The minimum absolute atomic E-state index is 0.0524. The molecule has 5 N–H and O–H groups in total. The standard InChI is InChI=1S/C15H19N3O6/c16-14(22)11(6-7-13(20)21)18-12(19)8-17-15(23)24-9-10-4-2-1-3-5-10/h1-5,11H,6-9H2,(H2,16,22)(H,17,23)(H,18,19)(H,20,21)/t11-/m0/s1. The number of carboxylic acid groups (broad SMARTS) is 1. The Kier molecular flexibility index (Phi) is 7.76. The van der Waals surface area contributed by atoms with Crippen LogP contribution in [0.25, 0.3) is 0 Å². The molecule has 0 spiro atoms. The number of ether oxygens (including phenoxy) is 1. The molecule has 1 aromatic rings. The van der Waals surface area contributed by atoms with Gasteiger partial charge in [-0.1, -0.05) is 30.3 Å². The van der Waals surface area contributed by atoms with Gasteiger partial charge in [0.25, 0.3) is 0 Å². The Labute approximate surface area is 138 Å². The number of carbonyl (C=O) groups excluding carboxylic acids is 3. The predicted octanol–water partition coefficient (Wildman–Crippen LogP) is -0.252. The molecule has 1 aromatic carbocycles. The molecule has 0 unspecified atom stereocenters. The number of rotatable bonds is 9. The lowest BCUT2D eigenvalue weighted by atomic mass is 10.1. The summed E-state index contributed by atoms with van der Waals surface area (Å²) in [4.78, 5) is 44.7. The molecular weight excluding hydrogens is 318 g/mol. The fourth-order valence-electron chi connectivity index (χ4n) is 1.73. The fourth-order valence-corrected chi connectivity index (χ4v) is 1.73. The van der Waals surface area contributed by atoms with Crippen LogP contribution in [0.3, 0.4) is 0 Å². The van der Waals surface area contributed by atoms with Crippen LogP contribution in [0.5, 0.6) is 0 Å². The zero-order valence-corrected chi connectivity index (χ0v) is 12.9. The topological polar surface area (TPSA) is 148 Å². The lowest BCUT2D eigenvalue weighted by Gasteiger charge is -2.14. The first-order valence-electron chi connectivity index (χ1n) is 7.13. The summed E-state index contributed by atoms with van der Waals surface area (Å²) in [5, 5.41) is 13.0. The van der Waals surface area contributed by atoms with Gasteiger partial charge in [0, 0.05) is 6.42 Å². The van der Waals surface area contributed by atoms with Crippen molar-refractivity contribution in [1.82, 2.24) is 10.6 Å². The minimum Gasteiger partial charge on any atom is -0.481 e. The lowest BCUT2D eigenvalue weighted by molar-refractivity contribution is -0.137. The predicted molar refractivity (Wildman–Crippen MR) is 82.6 cm³/mol. The van der Waals surface area contributed by atoms with Crippen molar-refractivity contribution in [3.63, 3.8) is 0 Å². The zero-order chi connectivity index (χ0) is 17.9. The molecule has 24 heavy (non-hydrogen) atoms. The SMILES string of the molecule is NC(=O)[C@H](CCC(=O)O)NC(=O)CNC(=O)OCc1ccccc1. The van der Waals surface area contributed by atoms with E-state index in [0.29, 0.717) is 0 Å². The number of alkyl carbamates (subject to hydrolysis) is 1. The molecule has 0 aliphatic rings. The molecule has 0 heterocycles. The maximum absolute atomic E-state index is 11.6.